The number of halogens is 2. The first-order chi connectivity index (χ1) is 12.0. The minimum absolute atomic E-state index is 0.0108. The molecule has 0 unspecified atom stereocenters. The molecule has 1 aliphatic rings. The third-order valence-corrected chi connectivity index (χ3v) is 5.57. The molecule has 2 heterocycles. The maximum atomic E-state index is 15.2. The van der Waals surface area contributed by atoms with Crippen molar-refractivity contribution in [1.82, 2.24) is 0 Å². The van der Waals surface area contributed by atoms with Crippen LogP contribution in [0.5, 0.6) is 5.75 Å². The van der Waals surface area contributed by atoms with Gasteiger partial charge in [0, 0.05) is 21.2 Å². The Morgan fingerprint density at radius 3 is 2.84 bits per heavy atom. The Bertz CT molecular complexity index is 1010. The Hall–Kier alpha value is -2.47. The summed E-state index contributed by atoms with van der Waals surface area (Å²) in [5.74, 6) is -1.99. The van der Waals surface area contributed by atoms with Gasteiger partial charge >= 0.3 is 5.97 Å². The number of aromatic carboxylic acids is 1. The van der Waals surface area contributed by atoms with Crippen LogP contribution in [0.4, 0.5) is 8.78 Å². The van der Waals surface area contributed by atoms with E-state index in [1.807, 2.05) is 6.92 Å². The normalized spacial score (nSPS) is 16.5. The molecular formula is C19H14F2O3S. The van der Waals surface area contributed by atoms with E-state index in [-0.39, 0.29) is 27.9 Å². The zero-order valence-electron chi connectivity index (χ0n) is 13.3. The highest BCUT2D eigenvalue weighted by atomic mass is 32.1. The summed E-state index contributed by atoms with van der Waals surface area (Å²) in [6.07, 6.45) is 1.44. The molecule has 6 heteroatoms. The van der Waals surface area contributed by atoms with Gasteiger partial charge in [0.1, 0.15) is 10.7 Å². The number of carboxylic acid groups (broad SMARTS) is 1. The van der Waals surface area contributed by atoms with E-state index in [2.05, 4.69) is 0 Å². The fourth-order valence-electron chi connectivity index (χ4n) is 3.22. The Labute approximate surface area is 146 Å². The molecule has 25 heavy (non-hydrogen) atoms. The first-order valence-electron chi connectivity index (χ1n) is 7.89. The van der Waals surface area contributed by atoms with Crippen molar-refractivity contribution in [3.05, 3.63) is 52.4 Å². The van der Waals surface area contributed by atoms with Gasteiger partial charge in [-0.2, -0.15) is 0 Å². The second-order valence-corrected chi connectivity index (χ2v) is 7.19. The van der Waals surface area contributed by atoms with Crippen LogP contribution in [-0.4, -0.2) is 17.2 Å². The number of thiophene rings is 1. The summed E-state index contributed by atoms with van der Waals surface area (Å²) in [6, 6.07) is 7.37. The molecule has 0 saturated carbocycles. The Balaban J connectivity index is 2.00. The highest BCUT2D eigenvalue weighted by Gasteiger charge is 2.27. The quantitative estimate of drug-likeness (QED) is 0.678. The molecule has 128 valence electrons. The van der Waals surface area contributed by atoms with E-state index >= 15 is 4.39 Å². The van der Waals surface area contributed by atoms with E-state index in [1.165, 1.54) is 18.2 Å². The Morgan fingerprint density at radius 2 is 2.08 bits per heavy atom. The first kappa shape index (κ1) is 16.0. The van der Waals surface area contributed by atoms with Crippen molar-refractivity contribution < 1.29 is 23.4 Å². The maximum Gasteiger partial charge on any atom is 0.346 e. The second kappa shape index (κ2) is 5.81. The lowest BCUT2D eigenvalue weighted by Gasteiger charge is -2.24. The van der Waals surface area contributed by atoms with Crippen LogP contribution in [0, 0.1) is 11.6 Å². The van der Waals surface area contributed by atoms with E-state index in [9.17, 15) is 14.3 Å². The topological polar surface area (TPSA) is 46.5 Å². The van der Waals surface area contributed by atoms with Crippen LogP contribution in [0.2, 0.25) is 0 Å². The van der Waals surface area contributed by atoms with Gasteiger partial charge in [0.2, 0.25) is 0 Å². The molecular weight excluding hydrogens is 346 g/mol. The number of hydrogen-bond donors (Lipinski definition) is 1. The van der Waals surface area contributed by atoms with Gasteiger partial charge in [-0.3, -0.25) is 0 Å². The highest BCUT2D eigenvalue weighted by Crippen LogP contribution is 2.43. The summed E-state index contributed by atoms with van der Waals surface area (Å²) in [7, 11) is 0. The second-order valence-electron chi connectivity index (χ2n) is 6.13. The number of fused-ring (bicyclic) bond motifs is 2. The molecule has 1 atom stereocenters. The zero-order valence-corrected chi connectivity index (χ0v) is 14.1. The summed E-state index contributed by atoms with van der Waals surface area (Å²) in [5.41, 5.74) is 1.22. The molecule has 0 aliphatic carbocycles. The van der Waals surface area contributed by atoms with Gasteiger partial charge in [0.05, 0.1) is 6.10 Å². The Kier molecular flexibility index (Phi) is 3.72. The molecule has 1 aliphatic heterocycles. The van der Waals surface area contributed by atoms with Crippen LogP contribution in [0.3, 0.4) is 0 Å². The van der Waals surface area contributed by atoms with Gasteiger partial charge in [-0.25, -0.2) is 13.6 Å². The summed E-state index contributed by atoms with van der Waals surface area (Å²) in [4.78, 5) is 11.7. The predicted octanol–water partition coefficient (Wildman–Crippen LogP) is 5.26. The molecule has 0 fully saturated rings. The van der Waals surface area contributed by atoms with E-state index in [0.29, 0.717) is 10.1 Å². The van der Waals surface area contributed by atoms with Gasteiger partial charge < -0.3 is 9.84 Å². The fourth-order valence-corrected chi connectivity index (χ4v) is 4.30. The molecule has 3 aromatic rings. The molecule has 0 radical (unpaired) electrons. The average Bonchev–Trinajstić information content (AvgIpc) is 2.94. The lowest BCUT2D eigenvalue weighted by molar-refractivity contribution is 0.0703. The number of ether oxygens (including phenoxy) is 1. The van der Waals surface area contributed by atoms with Crippen LogP contribution in [0.25, 0.3) is 21.2 Å². The number of hydrogen-bond acceptors (Lipinski definition) is 3. The molecule has 0 bridgehead atoms. The average molecular weight is 360 g/mol. The van der Waals surface area contributed by atoms with Crippen LogP contribution in [0.1, 0.15) is 28.6 Å². The number of rotatable bonds is 2. The summed E-state index contributed by atoms with van der Waals surface area (Å²) in [6.45, 7) is 1.88. The molecule has 0 saturated heterocycles. The van der Waals surface area contributed by atoms with Crippen LogP contribution >= 0.6 is 11.3 Å². The molecule has 2 aromatic carbocycles. The van der Waals surface area contributed by atoms with Gasteiger partial charge in [0.25, 0.3) is 0 Å². The lowest BCUT2D eigenvalue weighted by atomic mass is 9.95. The highest BCUT2D eigenvalue weighted by molar-refractivity contribution is 7.21. The van der Waals surface area contributed by atoms with Crippen LogP contribution in [-0.2, 0) is 6.42 Å². The number of carbonyl (C=O) groups is 1. The summed E-state index contributed by atoms with van der Waals surface area (Å²) >= 11 is 0.941. The van der Waals surface area contributed by atoms with Crippen molar-refractivity contribution in [2.24, 2.45) is 0 Å². The third kappa shape index (κ3) is 2.57. The summed E-state index contributed by atoms with van der Waals surface area (Å²) in [5, 5.41) is 10.1. The van der Waals surface area contributed by atoms with Crippen molar-refractivity contribution in [3.63, 3.8) is 0 Å². The van der Waals surface area contributed by atoms with E-state index in [0.717, 1.165) is 29.7 Å². The molecule has 1 aromatic heterocycles. The van der Waals surface area contributed by atoms with Crippen molar-refractivity contribution >= 4 is 27.4 Å². The van der Waals surface area contributed by atoms with Gasteiger partial charge in [-0.15, -0.1) is 11.3 Å². The predicted molar refractivity (Wildman–Crippen MR) is 92.5 cm³/mol. The number of benzene rings is 2. The zero-order chi connectivity index (χ0) is 17.7. The third-order valence-electron chi connectivity index (χ3n) is 4.43. The fraction of sp³-hybridized carbons (Fsp3) is 0.211. The molecule has 4 rings (SSSR count). The maximum absolute atomic E-state index is 15.2. The van der Waals surface area contributed by atoms with Crippen molar-refractivity contribution in [3.8, 4) is 16.9 Å². The van der Waals surface area contributed by atoms with Crippen molar-refractivity contribution in [2.75, 3.05) is 0 Å². The lowest BCUT2D eigenvalue weighted by Crippen LogP contribution is -2.20. The van der Waals surface area contributed by atoms with Crippen molar-refractivity contribution in [1.29, 1.82) is 0 Å². The molecule has 0 spiro atoms. The summed E-state index contributed by atoms with van der Waals surface area (Å²) < 4.78 is 34.8. The van der Waals surface area contributed by atoms with Crippen LogP contribution < -0.4 is 4.74 Å². The largest absolute Gasteiger partial charge is 0.487 e. The van der Waals surface area contributed by atoms with Gasteiger partial charge in [-0.05, 0) is 43.5 Å². The number of carboxylic acids is 1. The van der Waals surface area contributed by atoms with Crippen molar-refractivity contribution in [2.45, 2.75) is 25.9 Å². The van der Waals surface area contributed by atoms with Gasteiger partial charge in [-0.1, -0.05) is 12.1 Å². The first-order valence-corrected chi connectivity index (χ1v) is 8.71. The van der Waals surface area contributed by atoms with E-state index in [1.54, 1.807) is 12.1 Å². The van der Waals surface area contributed by atoms with E-state index < -0.39 is 17.6 Å². The minimum atomic E-state index is -1.16. The molecule has 3 nitrogen and oxygen atoms in total. The SMILES string of the molecule is C[C@H]1CCc2ccc(-c3c(C(=O)O)sc4cc(F)ccc34)c(F)c2O1. The molecule has 0 amide bonds. The van der Waals surface area contributed by atoms with Crippen LogP contribution in [0.15, 0.2) is 30.3 Å². The van der Waals surface area contributed by atoms with Gasteiger partial charge in [0.15, 0.2) is 11.6 Å². The minimum Gasteiger partial charge on any atom is -0.487 e. The monoisotopic (exact) mass is 360 g/mol. The number of aryl methyl sites for hydroxylation is 1. The standard InChI is InChI=1S/C19H14F2O3S/c1-9-2-3-10-4-6-13(16(21)17(10)24-9)15-12-7-5-11(20)8-14(12)25-18(15)19(22)23/h4-9H,2-3H2,1H3,(H,22,23)/t9-/m0/s1. The Morgan fingerprint density at radius 1 is 1.28 bits per heavy atom. The van der Waals surface area contributed by atoms with E-state index in [4.69, 9.17) is 4.74 Å². The molecule has 1 N–H and O–H groups in total. The smallest absolute Gasteiger partial charge is 0.346 e.